The van der Waals surface area contributed by atoms with E-state index in [2.05, 4.69) is 10.6 Å². The van der Waals surface area contributed by atoms with Crippen LogP contribution in [0.2, 0.25) is 5.02 Å². The summed E-state index contributed by atoms with van der Waals surface area (Å²) in [6, 6.07) is 14.2. The Morgan fingerprint density at radius 1 is 1.07 bits per heavy atom. The molecule has 2 amide bonds. The largest absolute Gasteiger partial charge is 0.497 e. The molecule has 0 radical (unpaired) electrons. The van der Waals surface area contributed by atoms with E-state index in [-0.39, 0.29) is 23.7 Å². The van der Waals surface area contributed by atoms with Crippen LogP contribution < -0.4 is 20.1 Å². The summed E-state index contributed by atoms with van der Waals surface area (Å²) in [5.41, 5.74) is 0.631. The van der Waals surface area contributed by atoms with E-state index in [1.807, 2.05) is 0 Å². The Labute approximate surface area is 162 Å². The summed E-state index contributed by atoms with van der Waals surface area (Å²) in [6.07, 6.45) is 0.553. The summed E-state index contributed by atoms with van der Waals surface area (Å²) < 4.78 is 10.6. The van der Waals surface area contributed by atoms with Crippen LogP contribution in [0.15, 0.2) is 48.5 Å². The SMILES string of the molecule is COc1ccc(OCCNC(=O)C2CC2C(=O)Nc2cccc(Cl)c2)cc1. The van der Waals surface area contributed by atoms with Gasteiger partial charge in [0.25, 0.3) is 0 Å². The normalized spacial score (nSPS) is 17.7. The standard InChI is InChI=1S/C20H21ClN2O4/c1-26-15-5-7-16(8-6-15)27-10-9-22-19(24)17-12-18(17)20(25)23-14-4-2-3-13(21)11-14/h2-8,11,17-18H,9-10,12H2,1H3,(H,22,24)(H,23,25). The number of anilines is 1. The van der Waals surface area contributed by atoms with E-state index in [0.29, 0.717) is 36.0 Å². The van der Waals surface area contributed by atoms with E-state index >= 15 is 0 Å². The lowest BCUT2D eigenvalue weighted by molar-refractivity contribution is -0.125. The van der Waals surface area contributed by atoms with Crippen LogP contribution in [0.3, 0.4) is 0 Å². The molecule has 7 heteroatoms. The molecule has 2 aromatic carbocycles. The van der Waals surface area contributed by atoms with Crippen LogP contribution in [0.5, 0.6) is 11.5 Å². The quantitative estimate of drug-likeness (QED) is 0.681. The highest BCUT2D eigenvalue weighted by atomic mass is 35.5. The zero-order valence-corrected chi connectivity index (χ0v) is 15.7. The molecule has 1 fully saturated rings. The van der Waals surface area contributed by atoms with Crippen LogP contribution in [-0.4, -0.2) is 32.1 Å². The lowest BCUT2D eigenvalue weighted by Gasteiger charge is -2.08. The number of benzene rings is 2. The average Bonchev–Trinajstić information content (AvgIpc) is 3.47. The van der Waals surface area contributed by atoms with Gasteiger partial charge >= 0.3 is 0 Å². The smallest absolute Gasteiger partial charge is 0.228 e. The number of amides is 2. The number of rotatable bonds is 8. The second-order valence-corrected chi connectivity index (χ2v) is 6.70. The van der Waals surface area contributed by atoms with Gasteiger partial charge in [0.1, 0.15) is 18.1 Å². The monoisotopic (exact) mass is 388 g/mol. The summed E-state index contributed by atoms with van der Waals surface area (Å²) >= 11 is 5.90. The van der Waals surface area contributed by atoms with Gasteiger partial charge in [-0.3, -0.25) is 9.59 Å². The van der Waals surface area contributed by atoms with Crippen LogP contribution in [0.4, 0.5) is 5.69 Å². The van der Waals surface area contributed by atoms with Crippen molar-refractivity contribution in [1.29, 1.82) is 0 Å². The van der Waals surface area contributed by atoms with Gasteiger partial charge in [-0.2, -0.15) is 0 Å². The van der Waals surface area contributed by atoms with E-state index in [1.54, 1.807) is 55.6 Å². The first-order chi connectivity index (χ1) is 13.1. The zero-order valence-electron chi connectivity index (χ0n) is 14.9. The van der Waals surface area contributed by atoms with Crippen LogP contribution in [0.25, 0.3) is 0 Å². The summed E-state index contributed by atoms with van der Waals surface area (Å²) in [5, 5.41) is 6.15. The Morgan fingerprint density at radius 2 is 1.78 bits per heavy atom. The predicted octanol–water partition coefficient (Wildman–Crippen LogP) is 3.12. The van der Waals surface area contributed by atoms with Crippen molar-refractivity contribution < 1.29 is 19.1 Å². The minimum atomic E-state index is -0.300. The number of carbonyl (C=O) groups is 2. The Bertz CT molecular complexity index is 810. The molecule has 142 valence electrons. The van der Waals surface area contributed by atoms with Gasteiger partial charge in [-0.05, 0) is 48.9 Å². The number of nitrogens with one attached hydrogen (secondary N) is 2. The molecule has 1 aliphatic rings. The molecule has 2 atom stereocenters. The van der Waals surface area contributed by atoms with Gasteiger partial charge < -0.3 is 20.1 Å². The van der Waals surface area contributed by atoms with Crippen molar-refractivity contribution >= 4 is 29.1 Å². The zero-order chi connectivity index (χ0) is 19.2. The molecule has 27 heavy (non-hydrogen) atoms. The fourth-order valence-corrected chi connectivity index (χ4v) is 2.91. The highest BCUT2D eigenvalue weighted by molar-refractivity contribution is 6.30. The Morgan fingerprint density at radius 3 is 2.48 bits per heavy atom. The van der Waals surface area contributed by atoms with E-state index in [9.17, 15) is 9.59 Å². The first-order valence-electron chi connectivity index (χ1n) is 8.68. The second kappa shape index (κ2) is 8.77. The van der Waals surface area contributed by atoms with Crippen LogP contribution in [-0.2, 0) is 9.59 Å². The molecule has 0 aromatic heterocycles. The number of hydrogen-bond donors (Lipinski definition) is 2. The minimum Gasteiger partial charge on any atom is -0.497 e. The third kappa shape index (κ3) is 5.37. The van der Waals surface area contributed by atoms with Gasteiger partial charge in [-0.15, -0.1) is 0 Å². The van der Waals surface area contributed by atoms with Crippen molar-refractivity contribution in [1.82, 2.24) is 5.32 Å². The van der Waals surface area contributed by atoms with Crippen molar-refractivity contribution in [3.8, 4) is 11.5 Å². The highest BCUT2D eigenvalue weighted by Crippen LogP contribution is 2.39. The summed E-state index contributed by atoms with van der Waals surface area (Å²) in [4.78, 5) is 24.3. The van der Waals surface area contributed by atoms with E-state index in [1.165, 1.54) is 0 Å². The molecule has 2 unspecified atom stereocenters. The lowest BCUT2D eigenvalue weighted by Crippen LogP contribution is -2.31. The van der Waals surface area contributed by atoms with Gasteiger partial charge in [0, 0.05) is 10.7 Å². The molecule has 0 saturated heterocycles. The number of halogens is 1. The minimum absolute atomic E-state index is 0.125. The number of hydrogen-bond acceptors (Lipinski definition) is 4. The molecule has 0 heterocycles. The first-order valence-corrected chi connectivity index (χ1v) is 9.05. The van der Waals surface area contributed by atoms with Crippen molar-refractivity contribution in [2.24, 2.45) is 11.8 Å². The maximum absolute atomic E-state index is 12.2. The molecule has 0 spiro atoms. The number of methoxy groups -OCH3 is 1. The predicted molar refractivity (Wildman–Crippen MR) is 103 cm³/mol. The second-order valence-electron chi connectivity index (χ2n) is 6.26. The van der Waals surface area contributed by atoms with Crippen molar-refractivity contribution in [3.63, 3.8) is 0 Å². The molecule has 6 nitrogen and oxygen atoms in total. The van der Waals surface area contributed by atoms with Gasteiger partial charge in [0.15, 0.2) is 0 Å². The van der Waals surface area contributed by atoms with Crippen LogP contribution in [0, 0.1) is 11.8 Å². The maximum atomic E-state index is 12.2. The van der Waals surface area contributed by atoms with Crippen molar-refractivity contribution in [2.75, 3.05) is 25.6 Å². The number of carbonyl (C=O) groups excluding carboxylic acids is 2. The van der Waals surface area contributed by atoms with Crippen LogP contribution in [0.1, 0.15) is 6.42 Å². The van der Waals surface area contributed by atoms with Crippen molar-refractivity contribution in [2.45, 2.75) is 6.42 Å². The molecular formula is C20H21ClN2O4. The lowest BCUT2D eigenvalue weighted by atomic mass is 10.2. The Kier molecular flexibility index (Phi) is 6.19. The van der Waals surface area contributed by atoms with Gasteiger partial charge in [0.05, 0.1) is 25.5 Å². The maximum Gasteiger partial charge on any atom is 0.228 e. The molecular weight excluding hydrogens is 368 g/mol. The van der Waals surface area contributed by atoms with Gasteiger partial charge in [-0.1, -0.05) is 17.7 Å². The third-order valence-corrected chi connectivity index (χ3v) is 4.52. The molecule has 1 saturated carbocycles. The molecule has 0 bridgehead atoms. The molecule has 3 rings (SSSR count). The Balaban J connectivity index is 1.36. The fraction of sp³-hybridized carbons (Fsp3) is 0.300. The summed E-state index contributed by atoms with van der Waals surface area (Å²) in [7, 11) is 1.60. The first kappa shape index (κ1) is 19.0. The van der Waals surface area contributed by atoms with Gasteiger partial charge in [-0.25, -0.2) is 0 Å². The molecule has 1 aliphatic carbocycles. The summed E-state index contributed by atoms with van der Waals surface area (Å²) in [6.45, 7) is 0.730. The van der Waals surface area contributed by atoms with Gasteiger partial charge in [0.2, 0.25) is 11.8 Å². The average molecular weight is 389 g/mol. The van der Waals surface area contributed by atoms with E-state index < -0.39 is 0 Å². The van der Waals surface area contributed by atoms with Crippen molar-refractivity contribution in [3.05, 3.63) is 53.6 Å². The van der Waals surface area contributed by atoms with E-state index in [4.69, 9.17) is 21.1 Å². The topological polar surface area (TPSA) is 76.7 Å². The molecule has 2 aromatic rings. The number of ether oxygens (including phenoxy) is 2. The van der Waals surface area contributed by atoms with E-state index in [0.717, 1.165) is 5.75 Å². The molecule has 0 aliphatic heterocycles. The summed E-state index contributed by atoms with van der Waals surface area (Å²) in [5.74, 6) is 0.588. The van der Waals surface area contributed by atoms with Crippen LogP contribution >= 0.6 is 11.6 Å². The Hall–Kier alpha value is -2.73. The molecule has 2 N–H and O–H groups in total. The highest BCUT2D eigenvalue weighted by Gasteiger charge is 2.47. The third-order valence-electron chi connectivity index (χ3n) is 4.29. The fourth-order valence-electron chi connectivity index (χ4n) is 2.72.